The molecular weight excluding hydrogens is 332 g/mol. The van der Waals surface area contributed by atoms with Gasteiger partial charge >= 0.3 is 0 Å². The lowest BCUT2D eigenvalue weighted by Crippen LogP contribution is -2.50. The topological polar surface area (TPSA) is 82.4 Å². The molecule has 7 heteroatoms. The first-order chi connectivity index (χ1) is 12.6. The first-order valence-corrected chi connectivity index (χ1v) is 8.66. The second-order valence-electron chi connectivity index (χ2n) is 6.48. The molecule has 134 valence electrons. The molecule has 0 spiro atoms. The van der Waals surface area contributed by atoms with Crippen LogP contribution < -0.4 is 0 Å². The Bertz CT molecular complexity index is 937. The van der Waals surface area contributed by atoms with Gasteiger partial charge in [0.2, 0.25) is 5.91 Å². The second kappa shape index (κ2) is 6.67. The fourth-order valence-electron chi connectivity index (χ4n) is 3.28. The van der Waals surface area contributed by atoms with Crippen LogP contribution in [0.5, 0.6) is 0 Å². The van der Waals surface area contributed by atoms with Gasteiger partial charge in [-0.3, -0.25) is 9.59 Å². The molecule has 0 unspecified atom stereocenters. The third-order valence-electron chi connectivity index (χ3n) is 4.68. The van der Waals surface area contributed by atoms with Gasteiger partial charge < -0.3 is 19.2 Å². The van der Waals surface area contributed by atoms with Crippen molar-refractivity contribution >= 4 is 22.9 Å². The van der Waals surface area contributed by atoms with Crippen molar-refractivity contribution < 1.29 is 14.0 Å². The first kappa shape index (κ1) is 16.4. The lowest BCUT2D eigenvalue weighted by molar-refractivity contribution is -0.131. The highest BCUT2D eigenvalue weighted by Crippen LogP contribution is 2.18. The Labute approximate surface area is 150 Å². The summed E-state index contributed by atoms with van der Waals surface area (Å²) in [6.07, 6.45) is 3.75. The third kappa shape index (κ3) is 3.20. The lowest BCUT2D eigenvalue weighted by atomic mass is 10.1. The Balaban J connectivity index is 1.36. The third-order valence-corrected chi connectivity index (χ3v) is 4.68. The number of carbonyl (C=O) groups is 2. The van der Waals surface area contributed by atoms with E-state index >= 15 is 0 Å². The number of nitrogens with one attached hydrogen (secondary N) is 1. The Morgan fingerprint density at radius 3 is 2.65 bits per heavy atom. The van der Waals surface area contributed by atoms with Crippen LogP contribution in [0.4, 0.5) is 0 Å². The van der Waals surface area contributed by atoms with Gasteiger partial charge in [0, 0.05) is 45.5 Å². The van der Waals surface area contributed by atoms with Gasteiger partial charge in [0.25, 0.3) is 5.91 Å². The van der Waals surface area contributed by atoms with Crippen LogP contribution in [-0.4, -0.2) is 57.8 Å². The van der Waals surface area contributed by atoms with E-state index in [1.807, 2.05) is 23.1 Å². The Kier molecular flexibility index (Phi) is 4.20. The van der Waals surface area contributed by atoms with Crippen LogP contribution in [0.2, 0.25) is 0 Å². The zero-order valence-electron chi connectivity index (χ0n) is 14.6. The molecule has 2 amide bonds. The Hall–Kier alpha value is -3.09. The van der Waals surface area contributed by atoms with Crippen molar-refractivity contribution in [1.82, 2.24) is 19.8 Å². The van der Waals surface area contributed by atoms with Crippen LogP contribution in [0.1, 0.15) is 21.8 Å². The maximum absolute atomic E-state index is 12.6. The Morgan fingerprint density at radius 2 is 1.92 bits per heavy atom. The highest BCUT2D eigenvalue weighted by atomic mass is 16.3. The molecule has 3 heterocycles. The van der Waals surface area contributed by atoms with Crippen molar-refractivity contribution in [3.05, 3.63) is 53.7 Å². The van der Waals surface area contributed by atoms with Crippen LogP contribution >= 0.6 is 0 Å². The fraction of sp³-hybridized carbons (Fsp3) is 0.316. The van der Waals surface area contributed by atoms with Crippen molar-refractivity contribution in [2.45, 2.75) is 13.3 Å². The first-order valence-electron chi connectivity index (χ1n) is 8.66. The molecule has 0 saturated carbocycles. The quantitative estimate of drug-likeness (QED) is 0.781. The van der Waals surface area contributed by atoms with Crippen molar-refractivity contribution in [2.24, 2.45) is 0 Å². The smallest absolute Gasteiger partial charge is 0.255 e. The number of rotatable bonds is 3. The molecule has 1 aromatic carbocycles. The second-order valence-corrected chi connectivity index (χ2v) is 6.48. The average Bonchev–Trinajstić information content (AvgIpc) is 3.29. The standard InChI is InChI=1S/C19H20N4O3/c1-13-21-16-3-2-14(10-17(16)26-13)11-18(24)22-6-8-23(9-7-22)19(25)15-4-5-20-12-15/h2-5,10,12,20H,6-9,11H2,1H3. The van der Waals surface area contributed by atoms with Gasteiger partial charge in [-0.15, -0.1) is 0 Å². The predicted octanol–water partition coefficient (Wildman–Crippen LogP) is 1.99. The molecule has 1 fully saturated rings. The maximum Gasteiger partial charge on any atom is 0.255 e. The molecule has 1 saturated heterocycles. The zero-order valence-corrected chi connectivity index (χ0v) is 14.6. The van der Waals surface area contributed by atoms with E-state index in [0.717, 1.165) is 11.1 Å². The molecule has 0 atom stereocenters. The number of piperazine rings is 1. The molecule has 1 N–H and O–H groups in total. The molecule has 3 aromatic rings. The molecule has 0 radical (unpaired) electrons. The number of amides is 2. The van der Waals surface area contributed by atoms with E-state index in [1.54, 1.807) is 30.3 Å². The number of aromatic amines is 1. The summed E-state index contributed by atoms with van der Waals surface area (Å²) in [6, 6.07) is 7.43. The van der Waals surface area contributed by atoms with Gasteiger partial charge in [0.15, 0.2) is 11.5 Å². The summed E-state index contributed by atoms with van der Waals surface area (Å²) in [5.41, 5.74) is 3.07. The molecule has 1 aliphatic rings. The minimum atomic E-state index is 0.00416. The summed E-state index contributed by atoms with van der Waals surface area (Å²) in [7, 11) is 0. The van der Waals surface area contributed by atoms with Crippen molar-refractivity contribution in [3.8, 4) is 0 Å². The van der Waals surface area contributed by atoms with Gasteiger partial charge in [0.05, 0.1) is 12.0 Å². The van der Waals surface area contributed by atoms with E-state index in [4.69, 9.17) is 4.42 Å². The summed E-state index contributed by atoms with van der Waals surface area (Å²) >= 11 is 0. The minimum Gasteiger partial charge on any atom is -0.441 e. The molecule has 1 aliphatic heterocycles. The number of hydrogen-bond acceptors (Lipinski definition) is 4. The van der Waals surface area contributed by atoms with Gasteiger partial charge in [-0.2, -0.15) is 0 Å². The summed E-state index contributed by atoms with van der Waals surface area (Å²) in [6.45, 7) is 4.02. The monoisotopic (exact) mass is 352 g/mol. The maximum atomic E-state index is 12.6. The molecule has 2 aromatic heterocycles. The number of aromatic nitrogens is 2. The average molecular weight is 352 g/mol. The molecular formula is C19H20N4O3. The van der Waals surface area contributed by atoms with Crippen LogP contribution in [0.3, 0.4) is 0 Å². The van der Waals surface area contributed by atoms with Crippen LogP contribution in [0.15, 0.2) is 41.1 Å². The van der Waals surface area contributed by atoms with Crippen molar-refractivity contribution in [2.75, 3.05) is 26.2 Å². The number of benzene rings is 1. The van der Waals surface area contributed by atoms with Gasteiger partial charge in [-0.1, -0.05) is 6.07 Å². The number of hydrogen-bond donors (Lipinski definition) is 1. The van der Waals surface area contributed by atoms with E-state index in [2.05, 4.69) is 9.97 Å². The normalized spacial score (nSPS) is 14.8. The number of carbonyl (C=O) groups excluding carboxylic acids is 2. The molecule has 0 aliphatic carbocycles. The number of nitrogens with zero attached hydrogens (tertiary/aromatic N) is 3. The van der Waals surface area contributed by atoms with E-state index < -0.39 is 0 Å². The van der Waals surface area contributed by atoms with Crippen molar-refractivity contribution in [1.29, 1.82) is 0 Å². The summed E-state index contributed by atoms with van der Waals surface area (Å²) < 4.78 is 5.53. The summed E-state index contributed by atoms with van der Waals surface area (Å²) in [4.78, 5) is 35.7. The van der Waals surface area contributed by atoms with Gasteiger partial charge in [-0.25, -0.2) is 4.98 Å². The van der Waals surface area contributed by atoms with E-state index in [1.165, 1.54) is 0 Å². The van der Waals surface area contributed by atoms with E-state index in [0.29, 0.717) is 49.6 Å². The zero-order chi connectivity index (χ0) is 18.1. The highest BCUT2D eigenvalue weighted by molar-refractivity contribution is 5.94. The molecule has 0 bridgehead atoms. The SMILES string of the molecule is Cc1nc2ccc(CC(=O)N3CCN(C(=O)c4cc[nH]c4)CC3)cc2o1. The number of aryl methyl sites for hydroxylation is 1. The summed E-state index contributed by atoms with van der Waals surface area (Å²) in [5, 5.41) is 0. The van der Waals surface area contributed by atoms with Gasteiger partial charge in [0.1, 0.15) is 5.52 Å². The number of fused-ring (bicyclic) bond motifs is 1. The summed E-state index contributed by atoms with van der Waals surface area (Å²) in [5.74, 6) is 0.686. The number of oxazole rings is 1. The fourth-order valence-corrected chi connectivity index (χ4v) is 3.28. The van der Waals surface area contributed by atoms with Crippen LogP contribution in [0.25, 0.3) is 11.1 Å². The predicted molar refractivity (Wildman–Crippen MR) is 95.7 cm³/mol. The molecule has 7 nitrogen and oxygen atoms in total. The Morgan fingerprint density at radius 1 is 1.15 bits per heavy atom. The lowest BCUT2D eigenvalue weighted by Gasteiger charge is -2.34. The largest absolute Gasteiger partial charge is 0.441 e. The van der Waals surface area contributed by atoms with Crippen molar-refractivity contribution in [3.63, 3.8) is 0 Å². The highest BCUT2D eigenvalue weighted by Gasteiger charge is 2.25. The van der Waals surface area contributed by atoms with Crippen LogP contribution in [-0.2, 0) is 11.2 Å². The minimum absolute atomic E-state index is 0.00416. The van der Waals surface area contributed by atoms with E-state index in [-0.39, 0.29) is 11.8 Å². The van der Waals surface area contributed by atoms with E-state index in [9.17, 15) is 9.59 Å². The van der Waals surface area contributed by atoms with Crippen LogP contribution in [0, 0.1) is 6.92 Å². The molecule has 26 heavy (non-hydrogen) atoms. The van der Waals surface area contributed by atoms with Gasteiger partial charge in [-0.05, 0) is 23.8 Å². The molecule has 4 rings (SSSR count). The number of H-pyrrole nitrogens is 1.